The standard InChI is InChI=1S/C24H17Cl2N5O/c25-17-4-5-21-16(9-17)6-14(10-27-21)7-18-2-1-3-22(31-18)24(32)30-12-15-8-19-20(26)13-29-23(19)28-11-15/h1-6,8-11,13H,7,12H2,(H,28,29)(H,30,32). The van der Waals surface area contributed by atoms with Crippen LogP contribution in [0, 0.1) is 0 Å². The first-order chi connectivity index (χ1) is 15.5. The molecule has 0 fully saturated rings. The third-order valence-electron chi connectivity index (χ3n) is 5.11. The molecule has 0 aliphatic rings. The number of hydrogen-bond donors (Lipinski definition) is 2. The molecule has 5 rings (SSSR count). The summed E-state index contributed by atoms with van der Waals surface area (Å²) in [5, 5.41) is 5.95. The molecule has 32 heavy (non-hydrogen) atoms. The molecule has 8 heteroatoms. The van der Waals surface area contributed by atoms with Crippen LogP contribution in [0.15, 0.2) is 67.1 Å². The Kier molecular flexibility index (Phi) is 5.47. The zero-order valence-corrected chi connectivity index (χ0v) is 18.3. The average molecular weight is 462 g/mol. The van der Waals surface area contributed by atoms with Crippen LogP contribution in [0.1, 0.15) is 27.3 Å². The minimum absolute atomic E-state index is 0.254. The number of aromatic nitrogens is 4. The van der Waals surface area contributed by atoms with E-state index in [0.717, 1.165) is 33.1 Å². The van der Waals surface area contributed by atoms with Gasteiger partial charge in [-0.05, 0) is 53.6 Å². The zero-order valence-electron chi connectivity index (χ0n) is 16.8. The summed E-state index contributed by atoms with van der Waals surface area (Å²) in [6, 6.07) is 15.0. The van der Waals surface area contributed by atoms with Crippen molar-refractivity contribution in [1.29, 1.82) is 0 Å². The molecular formula is C24H17Cl2N5O. The van der Waals surface area contributed by atoms with Gasteiger partial charge in [0.2, 0.25) is 0 Å². The molecule has 158 valence electrons. The van der Waals surface area contributed by atoms with Crippen LogP contribution < -0.4 is 5.32 Å². The predicted molar refractivity (Wildman–Crippen MR) is 126 cm³/mol. The van der Waals surface area contributed by atoms with Gasteiger partial charge in [0.25, 0.3) is 5.91 Å². The quantitative estimate of drug-likeness (QED) is 0.370. The number of carbonyl (C=O) groups excluding carboxylic acids is 1. The number of rotatable bonds is 5. The lowest BCUT2D eigenvalue weighted by Gasteiger charge is -2.07. The molecule has 0 spiro atoms. The highest BCUT2D eigenvalue weighted by Crippen LogP contribution is 2.22. The van der Waals surface area contributed by atoms with Crippen LogP contribution in [-0.2, 0) is 13.0 Å². The first kappa shape index (κ1) is 20.4. The molecule has 4 heterocycles. The van der Waals surface area contributed by atoms with Crippen molar-refractivity contribution in [2.45, 2.75) is 13.0 Å². The number of amides is 1. The fourth-order valence-electron chi connectivity index (χ4n) is 3.54. The Balaban J connectivity index is 1.29. The van der Waals surface area contributed by atoms with Gasteiger partial charge < -0.3 is 10.3 Å². The van der Waals surface area contributed by atoms with E-state index in [2.05, 4.69) is 25.3 Å². The van der Waals surface area contributed by atoms with Crippen molar-refractivity contribution in [2.75, 3.05) is 0 Å². The topological polar surface area (TPSA) is 83.6 Å². The summed E-state index contributed by atoms with van der Waals surface area (Å²) in [6.07, 6.45) is 5.78. The monoisotopic (exact) mass is 461 g/mol. The van der Waals surface area contributed by atoms with E-state index in [1.54, 1.807) is 18.5 Å². The molecule has 0 atom stereocenters. The number of nitrogens with one attached hydrogen (secondary N) is 2. The van der Waals surface area contributed by atoms with Gasteiger partial charge in [0, 0.05) is 53.0 Å². The number of carbonyl (C=O) groups is 1. The largest absolute Gasteiger partial charge is 0.347 e. The van der Waals surface area contributed by atoms with Crippen molar-refractivity contribution in [1.82, 2.24) is 25.3 Å². The summed E-state index contributed by atoms with van der Waals surface area (Å²) in [6.45, 7) is 0.324. The zero-order chi connectivity index (χ0) is 22.1. The predicted octanol–water partition coefficient (Wildman–Crippen LogP) is 5.33. The molecule has 0 bridgehead atoms. The molecular weight excluding hydrogens is 445 g/mol. The smallest absolute Gasteiger partial charge is 0.270 e. The summed E-state index contributed by atoms with van der Waals surface area (Å²) in [5.74, 6) is -0.254. The first-order valence-corrected chi connectivity index (χ1v) is 10.7. The van der Waals surface area contributed by atoms with Crippen LogP contribution in [0.3, 0.4) is 0 Å². The lowest BCUT2D eigenvalue weighted by molar-refractivity contribution is 0.0945. The third kappa shape index (κ3) is 4.28. The van der Waals surface area contributed by atoms with Crippen molar-refractivity contribution < 1.29 is 4.79 Å². The summed E-state index contributed by atoms with van der Waals surface area (Å²) in [5.41, 5.74) is 4.57. The molecule has 2 N–H and O–H groups in total. The number of hydrogen-bond acceptors (Lipinski definition) is 4. The highest BCUT2D eigenvalue weighted by molar-refractivity contribution is 6.35. The second kappa shape index (κ2) is 8.57. The average Bonchev–Trinajstić information content (AvgIpc) is 3.17. The molecule has 6 nitrogen and oxygen atoms in total. The Hall–Kier alpha value is -3.48. The van der Waals surface area contributed by atoms with Gasteiger partial charge in [-0.25, -0.2) is 9.97 Å². The molecule has 0 aliphatic heterocycles. The van der Waals surface area contributed by atoms with Gasteiger partial charge in [-0.1, -0.05) is 29.3 Å². The van der Waals surface area contributed by atoms with Gasteiger partial charge in [-0.2, -0.15) is 0 Å². The Bertz CT molecular complexity index is 1460. The number of halogens is 2. The summed E-state index contributed by atoms with van der Waals surface area (Å²) >= 11 is 12.2. The number of H-pyrrole nitrogens is 1. The SMILES string of the molecule is O=C(NCc1cnc2[nH]cc(Cl)c2c1)c1cccc(Cc2cnc3ccc(Cl)cc3c2)n1. The molecule has 0 saturated heterocycles. The van der Waals surface area contributed by atoms with Crippen LogP contribution in [-0.4, -0.2) is 25.8 Å². The number of nitrogens with zero attached hydrogens (tertiary/aromatic N) is 3. The lowest BCUT2D eigenvalue weighted by Crippen LogP contribution is -2.24. The first-order valence-electron chi connectivity index (χ1n) is 9.95. The van der Waals surface area contributed by atoms with E-state index in [1.807, 2.05) is 48.7 Å². The fraction of sp³-hybridized carbons (Fsp3) is 0.0833. The van der Waals surface area contributed by atoms with Gasteiger partial charge in [-0.15, -0.1) is 0 Å². The van der Waals surface area contributed by atoms with Gasteiger partial charge in [0.15, 0.2) is 0 Å². The Morgan fingerprint density at radius 1 is 1.00 bits per heavy atom. The van der Waals surface area contributed by atoms with Crippen molar-refractivity contribution in [3.05, 3.63) is 99.7 Å². The van der Waals surface area contributed by atoms with Gasteiger partial charge in [0.05, 0.1) is 10.5 Å². The van der Waals surface area contributed by atoms with Crippen LogP contribution in [0.4, 0.5) is 0 Å². The normalized spacial score (nSPS) is 11.2. The number of benzene rings is 1. The van der Waals surface area contributed by atoms with Crippen LogP contribution in [0.2, 0.25) is 10.0 Å². The van der Waals surface area contributed by atoms with E-state index < -0.39 is 0 Å². The third-order valence-corrected chi connectivity index (χ3v) is 5.66. The highest BCUT2D eigenvalue weighted by Gasteiger charge is 2.10. The van der Waals surface area contributed by atoms with Crippen molar-refractivity contribution in [2.24, 2.45) is 0 Å². The van der Waals surface area contributed by atoms with E-state index >= 15 is 0 Å². The van der Waals surface area contributed by atoms with Crippen molar-refractivity contribution >= 4 is 51.0 Å². The van der Waals surface area contributed by atoms with Crippen LogP contribution in [0.5, 0.6) is 0 Å². The molecule has 0 saturated carbocycles. The minimum atomic E-state index is -0.254. The van der Waals surface area contributed by atoms with Gasteiger partial charge >= 0.3 is 0 Å². The van der Waals surface area contributed by atoms with E-state index in [1.165, 1.54) is 0 Å². The Labute approximate surface area is 193 Å². The van der Waals surface area contributed by atoms with Gasteiger partial charge in [-0.3, -0.25) is 9.78 Å². The lowest BCUT2D eigenvalue weighted by atomic mass is 10.1. The number of fused-ring (bicyclic) bond motifs is 2. The summed E-state index contributed by atoms with van der Waals surface area (Å²) < 4.78 is 0. The van der Waals surface area contributed by atoms with E-state index in [4.69, 9.17) is 23.2 Å². The maximum Gasteiger partial charge on any atom is 0.270 e. The fourth-order valence-corrected chi connectivity index (χ4v) is 3.92. The van der Waals surface area contributed by atoms with E-state index in [9.17, 15) is 4.79 Å². The van der Waals surface area contributed by atoms with Crippen LogP contribution in [0.25, 0.3) is 21.9 Å². The number of aromatic amines is 1. The van der Waals surface area contributed by atoms with Crippen molar-refractivity contribution in [3.8, 4) is 0 Å². The Morgan fingerprint density at radius 3 is 2.78 bits per heavy atom. The molecule has 0 unspecified atom stereocenters. The molecule has 4 aromatic heterocycles. The minimum Gasteiger partial charge on any atom is -0.347 e. The maximum absolute atomic E-state index is 12.7. The molecule has 1 amide bonds. The highest BCUT2D eigenvalue weighted by atomic mass is 35.5. The van der Waals surface area contributed by atoms with E-state index in [0.29, 0.717) is 34.4 Å². The second-order valence-electron chi connectivity index (χ2n) is 7.43. The second-order valence-corrected chi connectivity index (χ2v) is 8.27. The van der Waals surface area contributed by atoms with Gasteiger partial charge in [0.1, 0.15) is 11.3 Å². The maximum atomic E-state index is 12.7. The number of pyridine rings is 3. The molecule has 1 aromatic carbocycles. The van der Waals surface area contributed by atoms with E-state index in [-0.39, 0.29) is 5.91 Å². The van der Waals surface area contributed by atoms with Crippen molar-refractivity contribution in [3.63, 3.8) is 0 Å². The summed E-state index contributed by atoms with van der Waals surface area (Å²) in [7, 11) is 0. The van der Waals surface area contributed by atoms with Crippen LogP contribution >= 0.6 is 23.2 Å². The summed E-state index contributed by atoms with van der Waals surface area (Å²) in [4.78, 5) is 29.0. The Morgan fingerprint density at radius 2 is 1.88 bits per heavy atom. The molecule has 5 aromatic rings. The molecule has 0 radical (unpaired) electrons. The molecule has 0 aliphatic carbocycles.